The second kappa shape index (κ2) is 6.43. The highest BCUT2D eigenvalue weighted by Gasteiger charge is 2.29. The average Bonchev–Trinajstić information content (AvgIpc) is 3.22. The van der Waals surface area contributed by atoms with E-state index in [4.69, 9.17) is 4.42 Å². The average molecular weight is 343 g/mol. The van der Waals surface area contributed by atoms with Crippen LogP contribution >= 0.6 is 11.8 Å². The molecule has 0 saturated heterocycles. The lowest BCUT2D eigenvalue weighted by molar-refractivity contribution is -0.105. The van der Waals surface area contributed by atoms with Crippen molar-refractivity contribution >= 4 is 17.4 Å². The summed E-state index contributed by atoms with van der Waals surface area (Å²) in [6, 6.07) is 5.30. The molecule has 0 amide bonds. The zero-order valence-corrected chi connectivity index (χ0v) is 13.3. The molecule has 0 spiro atoms. The lowest BCUT2D eigenvalue weighted by Gasteiger charge is -2.12. The zero-order chi connectivity index (χ0) is 16.4. The van der Waals surface area contributed by atoms with Crippen molar-refractivity contribution in [2.24, 2.45) is 0 Å². The van der Waals surface area contributed by atoms with Crippen LogP contribution < -0.4 is 5.32 Å². The van der Waals surface area contributed by atoms with E-state index in [1.54, 1.807) is 12.1 Å². The van der Waals surface area contributed by atoms with E-state index in [0.717, 1.165) is 30.2 Å². The number of rotatable bonds is 6. The predicted octanol–water partition coefficient (Wildman–Crippen LogP) is 4.52. The summed E-state index contributed by atoms with van der Waals surface area (Å²) in [5.74, 6) is 0.558. The highest BCUT2D eigenvalue weighted by molar-refractivity contribution is 7.99. The van der Waals surface area contributed by atoms with Crippen LogP contribution in [0.4, 0.5) is 18.9 Å². The van der Waals surface area contributed by atoms with Crippen LogP contribution in [-0.2, 0) is 6.54 Å². The third kappa shape index (κ3) is 4.63. The molecule has 8 heteroatoms. The predicted molar refractivity (Wildman–Crippen MR) is 81.6 cm³/mol. The Balaban J connectivity index is 1.66. The maximum absolute atomic E-state index is 12.4. The van der Waals surface area contributed by atoms with Crippen molar-refractivity contribution in [2.75, 3.05) is 11.1 Å². The number of alkyl halides is 3. The van der Waals surface area contributed by atoms with Gasteiger partial charge in [-0.15, -0.1) is 22.0 Å². The number of hydrogen-bond acceptors (Lipinski definition) is 5. The molecule has 1 aliphatic carbocycles. The molecule has 4 nitrogen and oxygen atoms in total. The summed E-state index contributed by atoms with van der Waals surface area (Å²) in [6.07, 6.45) is -2.05. The first-order chi connectivity index (χ1) is 10.9. The molecule has 1 saturated carbocycles. The fraction of sp³-hybridized carbons (Fsp3) is 0.467. The number of nitrogens with one attached hydrogen (secondary N) is 1. The van der Waals surface area contributed by atoms with E-state index < -0.39 is 11.9 Å². The summed E-state index contributed by atoms with van der Waals surface area (Å²) in [7, 11) is 0. The first-order valence-electron chi connectivity index (χ1n) is 7.27. The van der Waals surface area contributed by atoms with Crippen LogP contribution in [0.3, 0.4) is 0 Å². The maximum Gasteiger partial charge on any atom is 0.398 e. The van der Waals surface area contributed by atoms with Crippen LogP contribution in [0.15, 0.2) is 27.5 Å². The van der Waals surface area contributed by atoms with Crippen molar-refractivity contribution in [3.8, 4) is 0 Å². The fourth-order valence-electron chi connectivity index (χ4n) is 2.07. The standard InChI is InChI=1S/C15H16F3N3OS/c1-9-2-5-12(23-8-15(16,17)18)11(6-9)19-7-13-20-21-14(22-13)10-3-4-10/h2,5-6,10,19H,3-4,7-8H2,1H3. The van der Waals surface area contributed by atoms with Gasteiger partial charge in [-0.25, -0.2) is 0 Å². The van der Waals surface area contributed by atoms with E-state index in [0.29, 0.717) is 34.8 Å². The fourth-order valence-corrected chi connectivity index (χ4v) is 2.84. The number of thioether (sulfide) groups is 1. The Morgan fingerprint density at radius 2 is 2.09 bits per heavy atom. The molecule has 0 unspecified atom stereocenters. The molecule has 0 aliphatic heterocycles. The van der Waals surface area contributed by atoms with Crippen LogP contribution in [-0.4, -0.2) is 22.1 Å². The van der Waals surface area contributed by atoms with Crippen molar-refractivity contribution < 1.29 is 17.6 Å². The second-order valence-electron chi connectivity index (χ2n) is 5.57. The molecule has 0 bridgehead atoms. The van der Waals surface area contributed by atoms with Gasteiger partial charge in [0.15, 0.2) is 0 Å². The summed E-state index contributed by atoms with van der Waals surface area (Å²) < 4.78 is 42.8. The van der Waals surface area contributed by atoms with Gasteiger partial charge in [0.2, 0.25) is 11.8 Å². The van der Waals surface area contributed by atoms with Crippen molar-refractivity contribution in [2.45, 2.75) is 43.3 Å². The van der Waals surface area contributed by atoms with Gasteiger partial charge in [-0.2, -0.15) is 13.2 Å². The topological polar surface area (TPSA) is 51.0 Å². The number of halogens is 3. The molecule has 0 atom stereocenters. The first kappa shape index (κ1) is 16.2. The summed E-state index contributed by atoms with van der Waals surface area (Å²) in [4.78, 5) is 0.551. The molecule has 124 valence electrons. The number of benzene rings is 1. The van der Waals surface area contributed by atoms with Crippen LogP contribution in [0.25, 0.3) is 0 Å². The molecular formula is C15H16F3N3OS. The Kier molecular flexibility index (Phi) is 4.52. The molecule has 1 N–H and O–H groups in total. The molecule has 1 aliphatic rings. The summed E-state index contributed by atoms with van der Waals surface area (Å²) in [5, 5.41) is 11.0. The Hall–Kier alpha value is -1.70. The molecular weight excluding hydrogens is 327 g/mol. The number of aromatic nitrogens is 2. The third-order valence-corrected chi connectivity index (χ3v) is 4.50. The lowest BCUT2D eigenvalue weighted by Crippen LogP contribution is -2.11. The normalized spacial score (nSPS) is 15.0. The largest absolute Gasteiger partial charge is 0.423 e. The lowest BCUT2D eigenvalue weighted by atomic mass is 10.2. The third-order valence-electron chi connectivity index (χ3n) is 3.37. The molecule has 2 aromatic rings. The number of aryl methyl sites for hydroxylation is 1. The molecule has 0 radical (unpaired) electrons. The van der Waals surface area contributed by atoms with Gasteiger partial charge < -0.3 is 9.73 Å². The van der Waals surface area contributed by atoms with E-state index >= 15 is 0 Å². The van der Waals surface area contributed by atoms with E-state index in [-0.39, 0.29) is 0 Å². The van der Waals surface area contributed by atoms with Crippen molar-refractivity contribution in [3.05, 3.63) is 35.5 Å². The van der Waals surface area contributed by atoms with Crippen LogP contribution in [0.2, 0.25) is 0 Å². The second-order valence-corrected chi connectivity index (χ2v) is 6.58. The van der Waals surface area contributed by atoms with E-state index in [1.807, 2.05) is 13.0 Å². The van der Waals surface area contributed by atoms with Gasteiger partial charge in [-0.3, -0.25) is 0 Å². The van der Waals surface area contributed by atoms with Crippen molar-refractivity contribution in [1.29, 1.82) is 0 Å². The Bertz CT molecular complexity index is 683. The summed E-state index contributed by atoms with van der Waals surface area (Å²) >= 11 is 0.764. The monoisotopic (exact) mass is 343 g/mol. The van der Waals surface area contributed by atoms with Gasteiger partial charge >= 0.3 is 6.18 Å². The Labute approximate surface area is 135 Å². The Morgan fingerprint density at radius 1 is 1.30 bits per heavy atom. The molecule has 1 aromatic carbocycles. The van der Waals surface area contributed by atoms with Crippen molar-refractivity contribution in [3.63, 3.8) is 0 Å². The highest BCUT2D eigenvalue weighted by Crippen LogP contribution is 2.39. The minimum atomic E-state index is -4.20. The van der Waals surface area contributed by atoms with Gasteiger partial charge in [-0.1, -0.05) is 6.07 Å². The summed E-state index contributed by atoms with van der Waals surface area (Å²) in [6.45, 7) is 2.18. The van der Waals surface area contributed by atoms with Crippen molar-refractivity contribution in [1.82, 2.24) is 10.2 Å². The van der Waals surface area contributed by atoms with Gasteiger partial charge in [0.1, 0.15) is 0 Å². The molecule has 1 fully saturated rings. The summed E-state index contributed by atoms with van der Waals surface area (Å²) in [5.41, 5.74) is 1.61. The molecule has 23 heavy (non-hydrogen) atoms. The highest BCUT2D eigenvalue weighted by atomic mass is 32.2. The minimum Gasteiger partial charge on any atom is -0.423 e. The molecule has 1 aromatic heterocycles. The molecule has 3 rings (SSSR count). The van der Waals surface area contributed by atoms with E-state index in [2.05, 4.69) is 15.5 Å². The van der Waals surface area contributed by atoms with E-state index in [9.17, 15) is 13.2 Å². The van der Waals surface area contributed by atoms with Gasteiger partial charge in [-0.05, 0) is 37.5 Å². The van der Waals surface area contributed by atoms with Gasteiger partial charge in [0, 0.05) is 16.5 Å². The van der Waals surface area contributed by atoms with Gasteiger partial charge in [0.05, 0.1) is 12.3 Å². The van der Waals surface area contributed by atoms with Crippen LogP contribution in [0.5, 0.6) is 0 Å². The smallest absolute Gasteiger partial charge is 0.398 e. The van der Waals surface area contributed by atoms with Crippen LogP contribution in [0.1, 0.15) is 36.1 Å². The van der Waals surface area contributed by atoms with Gasteiger partial charge in [0.25, 0.3) is 0 Å². The van der Waals surface area contributed by atoms with Crippen LogP contribution in [0, 0.1) is 6.92 Å². The quantitative estimate of drug-likeness (QED) is 0.782. The molecule has 1 heterocycles. The number of nitrogens with zero attached hydrogens (tertiary/aromatic N) is 2. The zero-order valence-electron chi connectivity index (χ0n) is 12.5. The first-order valence-corrected chi connectivity index (χ1v) is 8.25. The number of hydrogen-bond donors (Lipinski definition) is 1. The number of anilines is 1. The minimum absolute atomic E-state index is 0.294. The maximum atomic E-state index is 12.4. The van der Waals surface area contributed by atoms with E-state index in [1.165, 1.54) is 0 Å². The Morgan fingerprint density at radius 3 is 2.78 bits per heavy atom. The SMILES string of the molecule is Cc1ccc(SCC(F)(F)F)c(NCc2nnc(C3CC3)o2)c1.